The molecule has 2 unspecified atom stereocenters. The Morgan fingerprint density at radius 3 is 2.59 bits per heavy atom. The molecule has 2 rings (SSSR count). The summed E-state index contributed by atoms with van der Waals surface area (Å²) < 4.78 is 5.97. The SMILES string of the molecule is CCNC(c1ccccc1)C(C)OCC1CC1. The summed E-state index contributed by atoms with van der Waals surface area (Å²) in [6.07, 6.45) is 2.94. The fraction of sp³-hybridized carbons (Fsp3) is 0.600. The van der Waals surface area contributed by atoms with E-state index in [1.807, 2.05) is 0 Å². The fourth-order valence-electron chi connectivity index (χ4n) is 2.10. The molecule has 2 nitrogen and oxygen atoms in total. The minimum Gasteiger partial charge on any atom is -0.376 e. The molecular weight excluding hydrogens is 210 g/mol. The summed E-state index contributed by atoms with van der Waals surface area (Å²) in [6, 6.07) is 10.9. The molecule has 0 aromatic heterocycles. The first-order chi connectivity index (χ1) is 8.31. The Labute approximate surface area is 104 Å². The van der Waals surface area contributed by atoms with Crippen molar-refractivity contribution < 1.29 is 4.74 Å². The summed E-state index contributed by atoms with van der Waals surface area (Å²) in [5, 5.41) is 3.52. The van der Waals surface area contributed by atoms with Crippen molar-refractivity contribution in [2.75, 3.05) is 13.2 Å². The van der Waals surface area contributed by atoms with Crippen LogP contribution in [0, 0.1) is 5.92 Å². The standard InChI is InChI=1S/C15H23NO/c1-3-16-15(14-7-5-4-6-8-14)12(2)17-11-13-9-10-13/h4-8,12-13,15-16H,3,9-11H2,1-2H3. The van der Waals surface area contributed by atoms with Gasteiger partial charge in [-0.2, -0.15) is 0 Å². The van der Waals surface area contributed by atoms with E-state index in [-0.39, 0.29) is 6.10 Å². The maximum Gasteiger partial charge on any atom is 0.0741 e. The first kappa shape index (κ1) is 12.6. The molecule has 1 saturated carbocycles. The van der Waals surface area contributed by atoms with Crippen LogP contribution in [0.15, 0.2) is 30.3 Å². The summed E-state index contributed by atoms with van der Waals surface area (Å²) in [6.45, 7) is 6.21. The molecule has 1 fully saturated rings. The fourth-order valence-corrected chi connectivity index (χ4v) is 2.10. The maximum absolute atomic E-state index is 5.97. The molecule has 1 N–H and O–H groups in total. The Morgan fingerprint density at radius 1 is 1.29 bits per heavy atom. The predicted octanol–water partition coefficient (Wildman–Crippen LogP) is 3.15. The average Bonchev–Trinajstić information content (AvgIpc) is 3.18. The predicted molar refractivity (Wildman–Crippen MR) is 71.0 cm³/mol. The molecule has 1 aromatic carbocycles. The molecule has 1 aliphatic rings. The molecule has 1 aromatic rings. The quantitative estimate of drug-likeness (QED) is 0.781. The van der Waals surface area contributed by atoms with Crippen LogP contribution in [0.5, 0.6) is 0 Å². The van der Waals surface area contributed by atoms with E-state index < -0.39 is 0 Å². The molecule has 0 aliphatic heterocycles. The van der Waals surface area contributed by atoms with Gasteiger partial charge < -0.3 is 10.1 Å². The van der Waals surface area contributed by atoms with E-state index in [9.17, 15) is 0 Å². The highest BCUT2D eigenvalue weighted by molar-refractivity contribution is 5.19. The number of hydrogen-bond donors (Lipinski definition) is 1. The lowest BCUT2D eigenvalue weighted by Gasteiger charge is -2.25. The van der Waals surface area contributed by atoms with Gasteiger partial charge in [0.25, 0.3) is 0 Å². The second-order valence-corrected chi connectivity index (χ2v) is 4.93. The van der Waals surface area contributed by atoms with Crippen molar-refractivity contribution in [3.05, 3.63) is 35.9 Å². The van der Waals surface area contributed by atoms with Crippen LogP contribution in [0.1, 0.15) is 38.3 Å². The van der Waals surface area contributed by atoms with E-state index >= 15 is 0 Å². The summed E-state index contributed by atoms with van der Waals surface area (Å²) in [4.78, 5) is 0. The molecule has 0 bridgehead atoms. The van der Waals surface area contributed by atoms with Gasteiger partial charge in [0.1, 0.15) is 0 Å². The molecule has 2 heteroatoms. The molecule has 1 aliphatic carbocycles. The van der Waals surface area contributed by atoms with Gasteiger partial charge in [-0.15, -0.1) is 0 Å². The molecule has 0 radical (unpaired) electrons. The molecule has 2 atom stereocenters. The van der Waals surface area contributed by atoms with Crippen molar-refractivity contribution in [2.45, 2.75) is 38.8 Å². The van der Waals surface area contributed by atoms with Gasteiger partial charge in [-0.3, -0.25) is 0 Å². The summed E-state index contributed by atoms with van der Waals surface area (Å²) in [5.41, 5.74) is 1.32. The minimum atomic E-state index is 0.234. The van der Waals surface area contributed by atoms with E-state index in [2.05, 4.69) is 49.5 Å². The van der Waals surface area contributed by atoms with Crippen molar-refractivity contribution in [2.24, 2.45) is 5.92 Å². The summed E-state index contributed by atoms with van der Waals surface area (Å²) in [7, 11) is 0. The third-order valence-corrected chi connectivity index (χ3v) is 3.34. The Bertz CT molecular complexity index is 321. The zero-order chi connectivity index (χ0) is 12.1. The van der Waals surface area contributed by atoms with Gasteiger partial charge in [0, 0.05) is 6.61 Å². The van der Waals surface area contributed by atoms with Crippen molar-refractivity contribution in [1.29, 1.82) is 0 Å². The van der Waals surface area contributed by atoms with Gasteiger partial charge >= 0.3 is 0 Å². The van der Waals surface area contributed by atoms with Crippen LogP contribution in [0.2, 0.25) is 0 Å². The number of rotatable bonds is 7. The maximum atomic E-state index is 5.97. The van der Waals surface area contributed by atoms with Crippen LogP contribution in [0.25, 0.3) is 0 Å². The highest BCUT2D eigenvalue weighted by Gasteiger charge is 2.25. The van der Waals surface area contributed by atoms with Crippen LogP contribution in [0.3, 0.4) is 0 Å². The second-order valence-electron chi connectivity index (χ2n) is 4.93. The first-order valence-corrected chi connectivity index (χ1v) is 6.71. The van der Waals surface area contributed by atoms with Gasteiger partial charge in [-0.05, 0) is 37.8 Å². The van der Waals surface area contributed by atoms with E-state index in [4.69, 9.17) is 4.74 Å². The van der Waals surface area contributed by atoms with Crippen molar-refractivity contribution in [1.82, 2.24) is 5.32 Å². The molecule has 94 valence electrons. The van der Waals surface area contributed by atoms with E-state index in [1.54, 1.807) is 0 Å². The third kappa shape index (κ3) is 3.83. The Kier molecular flexibility index (Phi) is 4.57. The zero-order valence-electron chi connectivity index (χ0n) is 10.9. The zero-order valence-corrected chi connectivity index (χ0v) is 10.9. The number of nitrogens with one attached hydrogen (secondary N) is 1. The molecule has 0 heterocycles. The van der Waals surface area contributed by atoms with E-state index in [0.717, 1.165) is 19.1 Å². The largest absolute Gasteiger partial charge is 0.376 e. The lowest BCUT2D eigenvalue weighted by atomic mass is 10.0. The Morgan fingerprint density at radius 2 is 2.00 bits per heavy atom. The Balaban J connectivity index is 1.94. The lowest BCUT2D eigenvalue weighted by Crippen LogP contribution is -2.32. The van der Waals surface area contributed by atoms with Crippen LogP contribution >= 0.6 is 0 Å². The van der Waals surface area contributed by atoms with Gasteiger partial charge in [-0.1, -0.05) is 37.3 Å². The van der Waals surface area contributed by atoms with Gasteiger partial charge in [0.05, 0.1) is 12.1 Å². The van der Waals surface area contributed by atoms with Gasteiger partial charge in [0.2, 0.25) is 0 Å². The van der Waals surface area contributed by atoms with E-state index in [0.29, 0.717) is 6.04 Å². The average molecular weight is 233 g/mol. The monoisotopic (exact) mass is 233 g/mol. The van der Waals surface area contributed by atoms with E-state index in [1.165, 1.54) is 18.4 Å². The molecular formula is C15H23NO. The van der Waals surface area contributed by atoms with Crippen molar-refractivity contribution >= 4 is 0 Å². The second kappa shape index (κ2) is 6.18. The number of ether oxygens (including phenoxy) is 1. The lowest BCUT2D eigenvalue weighted by molar-refractivity contribution is 0.0322. The van der Waals surface area contributed by atoms with Crippen LogP contribution in [0.4, 0.5) is 0 Å². The number of hydrogen-bond acceptors (Lipinski definition) is 2. The van der Waals surface area contributed by atoms with Crippen molar-refractivity contribution in [3.63, 3.8) is 0 Å². The van der Waals surface area contributed by atoms with Gasteiger partial charge in [0.15, 0.2) is 0 Å². The first-order valence-electron chi connectivity index (χ1n) is 6.71. The molecule has 0 amide bonds. The molecule has 0 spiro atoms. The van der Waals surface area contributed by atoms with Gasteiger partial charge in [-0.25, -0.2) is 0 Å². The number of benzene rings is 1. The topological polar surface area (TPSA) is 21.3 Å². The van der Waals surface area contributed by atoms with Crippen LogP contribution in [-0.4, -0.2) is 19.3 Å². The normalized spacial score (nSPS) is 18.9. The number of likely N-dealkylation sites (N-methyl/N-ethyl adjacent to an activating group) is 1. The third-order valence-electron chi connectivity index (χ3n) is 3.34. The van der Waals surface area contributed by atoms with Crippen LogP contribution < -0.4 is 5.32 Å². The summed E-state index contributed by atoms with van der Waals surface area (Å²) >= 11 is 0. The molecule has 0 saturated heterocycles. The Hall–Kier alpha value is -0.860. The van der Waals surface area contributed by atoms with Crippen LogP contribution in [-0.2, 0) is 4.74 Å². The summed E-state index contributed by atoms with van der Waals surface area (Å²) in [5.74, 6) is 0.829. The highest BCUT2D eigenvalue weighted by Crippen LogP contribution is 2.30. The smallest absolute Gasteiger partial charge is 0.0741 e. The van der Waals surface area contributed by atoms with Crippen molar-refractivity contribution in [3.8, 4) is 0 Å². The molecule has 17 heavy (non-hydrogen) atoms. The minimum absolute atomic E-state index is 0.234. The highest BCUT2D eigenvalue weighted by atomic mass is 16.5.